The second-order valence-corrected chi connectivity index (χ2v) is 6.39. The van der Waals surface area contributed by atoms with E-state index in [9.17, 15) is 5.11 Å². The van der Waals surface area contributed by atoms with Crippen LogP contribution in [0.1, 0.15) is 59.3 Å². The zero-order valence-electron chi connectivity index (χ0n) is 9.84. The minimum absolute atomic E-state index is 0.312. The molecule has 82 valence electrons. The molecule has 2 aliphatic carbocycles. The summed E-state index contributed by atoms with van der Waals surface area (Å²) in [5.41, 5.74) is 0.142. The molecule has 0 aromatic heterocycles. The first-order valence-electron chi connectivity index (χ1n) is 6.16. The molecule has 2 fully saturated rings. The molecule has 1 nitrogen and oxygen atoms in total. The number of hydrogen-bond acceptors (Lipinski definition) is 1. The maximum atomic E-state index is 10.7. The third-order valence-electron chi connectivity index (χ3n) is 4.73. The summed E-state index contributed by atoms with van der Waals surface area (Å²) in [6.45, 7) is 6.92. The third-order valence-corrected chi connectivity index (χ3v) is 4.73. The summed E-state index contributed by atoms with van der Waals surface area (Å²) >= 11 is 0. The van der Waals surface area contributed by atoms with E-state index in [-0.39, 0.29) is 5.60 Å². The highest BCUT2D eigenvalue weighted by Crippen LogP contribution is 2.51. The molecule has 2 saturated carbocycles. The van der Waals surface area contributed by atoms with E-state index in [1.165, 1.54) is 32.1 Å². The zero-order chi connectivity index (χ0) is 10.4. The molecule has 1 N–H and O–H groups in total. The summed E-state index contributed by atoms with van der Waals surface area (Å²) < 4.78 is 0. The Morgan fingerprint density at radius 1 is 1.14 bits per heavy atom. The van der Waals surface area contributed by atoms with Gasteiger partial charge in [0.05, 0.1) is 5.60 Å². The number of hydrogen-bond donors (Lipinski definition) is 1. The summed E-state index contributed by atoms with van der Waals surface area (Å²) in [6.07, 6.45) is 7.29. The van der Waals surface area contributed by atoms with Gasteiger partial charge in [-0.25, -0.2) is 0 Å². The summed E-state index contributed by atoms with van der Waals surface area (Å²) in [6, 6.07) is 0. The van der Waals surface area contributed by atoms with Crippen molar-refractivity contribution >= 4 is 0 Å². The molecule has 0 aromatic rings. The maximum absolute atomic E-state index is 10.7. The van der Waals surface area contributed by atoms with Crippen molar-refractivity contribution in [3.05, 3.63) is 0 Å². The van der Waals surface area contributed by atoms with Crippen molar-refractivity contribution < 1.29 is 5.11 Å². The summed E-state index contributed by atoms with van der Waals surface area (Å²) in [7, 11) is 0. The van der Waals surface area contributed by atoms with E-state index < -0.39 is 0 Å². The number of rotatable bonds is 1. The molecule has 14 heavy (non-hydrogen) atoms. The molecule has 2 atom stereocenters. The van der Waals surface area contributed by atoms with Crippen LogP contribution in [0.2, 0.25) is 0 Å². The van der Waals surface area contributed by atoms with E-state index in [1.807, 2.05) is 0 Å². The Kier molecular flexibility index (Phi) is 2.42. The second-order valence-electron chi connectivity index (χ2n) is 6.39. The highest BCUT2D eigenvalue weighted by Gasteiger charge is 2.48. The highest BCUT2D eigenvalue weighted by atomic mass is 16.3. The lowest BCUT2D eigenvalue weighted by atomic mass is 9.57. The van der Waals surface area contributed by atoms with Gasteiger partial charge in [0.15, 0.2) is 0 Å². The maximum Gasteiger partial charge on any atom is 0.0701 e. The van der Waals surface area contributed by atoms with Gasteiger partial charge in [-0.1, -0.05) is 27.2 Å². The Bertz CT molecular complexity index is 217. The van der Waals surface area contributed by atoms with Gasteiger partial charge >= 0.3 is 0 Å². The van der Waals surface area contributed by atoms with Crippen LogP contribution < -0.4 is 0 Å². The Labute approximate surface area is 87.9 Å². The first-order valence-corrected chi connectivity index (χ1v) is 6.16. The van der Waals surface area contributed by atoms with Crippen molar-refractivity contribution in [1.29, 1.82) is 0 Å². The van der Waals surface area contributed by atoms with Crippen LogP contribution in [0.15, 0.2) is 0 Å². The van der Waals surface area contributed by atoms with Gasteiger partial charge in [0, 0.05) is 0 Å². The largest absolute Gasteiger partial charge is 0.389 e. The van der Waals surface area contributed by atoms with Gasteiger partial charge in [-0.15, -0.1) is 0 Å². The molecule has 2 unspecified atom stereocenters. The predicted octanol–water partition coefficient (Wildman–Crippen LogP) is 3.36. The van der Waals surface area contributed by atoms with Gasteiger partial charge < -0.3 is 5.11 Å². The Morgan fingerprint density at radius 3 is 2.21 bits per heavy atom. The van der Waals surface area contributed by atoms with Crippen molar-refractivity contribution in [2.45, 2.75) is 64.9 Å². The van der Waals surface area contributed by atoms with Crippen LogP contribution in [0.4, 0.5) is 0 Å². The lowest BCUT2D eigenvalue weighted by Crippen LogP contribution is -2.51. The average Bonchev–Trinajstić information content (AvgIpc) is 1.94. The van der Waals surface area contributed by atoms with Gasteiger partial charge in [-0.05, 0) is 49.4 Å². The zero-order valence-corrected chi connectivity index (χ0v) is 9.84. The van der Waals surface area contributed by atoms with E-state index in [0.29, 0.717) is 17.3 Å². The molecule has 1 heteroatoms. The lowest BCUT2D eigenvalue weighted by molar-refractivity contribution is -0.132. The number of aliphatic hydroxyl groups is 1. The van der Waals surface area contributed by atoms with E-state index >= 15 is 0 Å². The molecule has 2 aliphatic rings. The SMILES string of the molecule is CC1CC(C)(C)CCC1(O)C1CCC1. The van der Waals surface area contributed by atoms with E-state index in [1.54, 1.807) is 0 Å². The predicted molar refractivity (Wildman–Crippen MR) is 59.1 cm³/mol. The van der Waals surface area contributed by atoms with Gasteiger partial charge in [-0.2, -0.15) is 0 Å². The molecular weight excluding hydrogens is 172 g/mol. The fourth-order valence-electron chi connectivity index (χ4n) is 3.41. The normalized spacial score (nSPS) is 43.3. The molecule has 0 aromatic carbocycles. The van der Waals surface area contributed by atoms with Crippen LogP contribution in [0.25, 0.3) is 0 Å². The van der Waals surface area contributed by atoms with Gasteiger partial charge in [0.25, 0.3) is 0 Å². The average molecular weight is 196 g/mol. The van der Waals surface area contributed by atoms with Crippen LogP contribution in [0.3, 0.4) is 0 Å². The standard InChI is InChI=1S/C13H24O/c1-10-9-12(2,3)7-8-13(10,14)11-5-4-6-11/h10-11,14H,4-9H2,1-3H3. The topological polar surface area (TPSA) is 20.2 Å². The van der Waals surface area contributed by atoms with Crippen LogP contribution in [0.5, 0.6) is 0 Å². The van der Waals surface area contributed by atoms with Crippen molar-refractivity contribution in [2.75, 3.05) is 0 Å². The van der Waals surface area contributed by atoms with Gasteiger partial charge in [0.1, 0.15) is 0 Å². The molecule has 0 saturated heterocycles. The van der Waals surface area contributed by atoms with E-state index in [0.717, 1.165) is 6.42 Å². The van der Waals surface area contributed by atoms with Crippen LogP contribution in [-0.2, 0) is 0 Å². The first-order chi connectivity index (χ1) is 6.44. The van der Waals surface area contributed by atoms with Crippen LogP contribution in [-0.4, -0.2) is 10.7 Å². The minimum Gasteiger partial charge on any atom is -0.389 e. The van der Waals surface area contributed by atoms with Gasteiger partial charge in [0.2, 0.25) is 0 Å². The molecule has 0 aliphatic heterocycles. The second kappa shape index (κ2) is 3.23. The van der Waals surface area contributed by atoms with Crippen molar-refractivity contribution in [2.24, 2.45) is 17.3 Å². The summed E-state index contributed by atoms with van der Waals surface area (Å²) in [5, 5.41) is 10.7. The quantitative estimate of drug-likeness (QED) is 0.682. The first kappa shape index (κ1) is 10.5. The lowest BCUT2D eigenvalue weighted by Gasteiger charge is -2.51. The third kappa shape index (κ3) is 1.60. The molecule has 0 radical (unpaired) electrons. The Morgan fingerprint density at radius 2 is 1.79 bits per heavy atom. The fraction of sp³-hybridized carbons (Fsp3) is 1.00. The minimum atomic E-state index is -0.312. The van der Waals surface area contributed by atoms with Crippen LogP contribution >= 0.6 is 0 Å². The van der Waals surface area contributed by atoms with Crippen LogP contribution in [0, 0.1) is 17.3 Å². The molecule has 2 rings (SSSR count). The van der Waals surface area contributed by atoms with Crippen molar-refractivity contribution in [3.63, 3.8) is 0 Å². The Hall–Kier alpha value is -0.0400. The highest BCUT2D eigenvalue weighted by molar-refractivity contribution is 5.00. The molecule has 0 spiro atoms. The monoisotopic (exact) mass is 196 g/mol. The fourth-order valence-corrected chi connectivity index (χ4v) is 3.41. The van der Waals surface area contributed by atoms with Crippen molar-refractivity contribution in [3.8, 4) is 0 Å². The smallest absolute Gasteiger partial charge is 0.0701 e. The van der Waals surface area contributed by atoms with Gasteiger partial charge in [-0.3, -0.25) is 0 Å². The summed E-state index contributed by atoms with van der Waals surface area (Å²) in [4.78, 5) is 0. The van der Waals surface area contributed by atoms with Crippen molar-refractivity contribution in [1.82, 2.24) is 0 Å². The molecular formula is C13H24O. The molecule has 0 heterocycles. The summed E-state index contributed by atoms with van der Waals surface area (Å²) in [5.74, 6) is 1.12. The molecule has 0 amide bonds. The van der Waals surface area contributed by atoms with E-state index in [4.69, 9.17) is 0 Å². The van der Waals surface area contributed by atoms with E-state index in [2.05, 4.69) is 20.8 Å². The Balaban J connectivity index is 2.06. The molecule has 0 bridgehead atoms.